The van der Waals surface area contributed by atoms with Crippen molar-refractivity contribution in [3.8, 4) is 0 Å². The number of hydrogen-bond donors (Lipinski definition) is 1. The highest BCUT2D eigenvalue weighted by atomic mass is 32.2. The van der Waals surface area contributed by atoms with Gasteiger partial charge >= 0.3 is 5.97 Å². The summed E-state index contributed by atoms with van der Waals surface area (Å²) in [5.74, 6) is -0.254. The highest BCUT2D eigenvalue weighted by Gasteiger charge is 2.64. The number of ether oxygens (including phenoxy) is 1. The van der Waals surface area contributed by atoms with Gasteiger partial charge in [-0.25, -0.2) is 4.79 Å². The van der Waals surface area contributed by atoms with E-state index >= 15 is 0 Å². The molecule has 1 N–H and O–H groups in total. The van der Waals surface area contributed by atoms with Crippen molar-refractivity contribution in [2.75, 3.05) is 6.61 Å². The maximum atomic E-state index is 12.9. The number of thioether (sulfide) groups is 1. The van der Waals surface area contributed by atoms with E-state index in [9.17, 15) is 14.4 Å². The lowest BCUT2D eigenvalue weighted by Crippen LogP contribution is -2.70. The van der Waals surface area contributed by atoms with Crippen molar-refractivity contribution in [2.45, 2.75) is 74.6 Å². The average Bonchev–Trinajstić information content (AvgIpc) is 2.99. The Morgan fingerprint density at radius 2 is 1.87 bits per heavy atom. The summed E-state index contributed by atoms with van der Waals surface area (Å²) in [5, 5.41) is 2.64. The normalized spacial score (nSPS) is 27.9. The Bertz CT molecular complexity index is 807. The first-order chi connectivity index (χ1) is 14.4. The summed E-state index contributed by atoms with van der Waals surface area (Å²) < 4.78 is 5.21. The van der Waals surface area contributed by atoms with Crippen LogP contribution in [0.4, 0.5) is 0 Å². The summed E-state index contributed by atoms with van der Waals surface area (Å²) in [7, 11) is 0. The fraction of sp³-hybridized carbons (Fsp3) is 0.609. The minimum absolute atomic E-state index is 0.180. The van der Waals surface area contributed by atoms with Gasteiger partial charge in [0.1, 0.15) is 17.5 Å². The number of hydrogen-bond acceptors (Lipinski definition) is 5. The Labute approximate surface area is 182 Å². The maximum Gasteiger partial charge on any atom is 0.330 e. The lowest BCUT2D eigenvalue weighted by atomic mass is 9.90. The predicted octanol–water partition coefficient (Wildman–Crippen LogP) is 2.90. The molecule has 162 valence electrons. The van der Waals surface area contributed by atoms with Crippen molar-refractivity contribution >= 4 is 29.5 Å². The van der Waals surface area contributed by atoms with Gasteiger partial charge in [-0.15, -0.1) is 11.8 Å². The van der Waals surface area contributed by atoms with Crippen LogP contribution in [-0.2, 0) is 25.5 Å². The van der Waals surface area contributed by atoms with Crippen LogP contribution in [0.5, 0.6) is 0 Å². The Morgan fingerprint density at radius 1 is 1.17 bits per heavy atom. The van der Waals surface area contributed by atoms with E-state index < -0.39 is 16.8 Å². The van der Waals surface area contributed by atoms with Crippen molar-refractivity contribution in [3.63, 3.8) is 0 Å². The minimum atomic E-state index is -0.606. The molecule has 4 rings (SSSR count). The Kier molecular flexibility index (Phi) is 6.09. The third-order valence-electron chi connectivity index (χ3n) is 6.37. The number of carbonyl (C=O) groups is 3. The summed E-state index contributed by atoms with van der Waals surface area (Å²) in [5.41, 5.74) is 0.905. The lowest BCUT2D eigenvalue weighted by molar-refractivity contribution is -0.165. The molecule has 7 heteroatoms. The van der Waals surface area contributed by atoms with E-state index in [0.717, 1.165) is 18.4 Å². The first-order valence-corrected chi connectivity index (χ1v) is 11.7. The van der Waals surface area contributed by atoms with Gasteiger partial charge in [0.2, 0.25) is 11.8 Å². The molecule has 2 heterocycles. The zero-order chi connectivity index (χ0) is 21.3. The predicted molar refractivity (Wildman–Crippen MR) is 116 cm³/mol. The third-order valence-corrected chi connectivity index (χ3v) is 7.95. The number of carbonyl (C=O) groups excluding carboxylic acids is 3. The van der Waals surface area contributed by atoms with Gasteiger partial charge in [0.15, 0.2) is 0 Å². The summed E-state index contributed by atoms with van der Waals surface area (Å²) in [6.45, 7) is 4.39. The highest BCUT2D eigenvalue weighted by molar-refractivity contribution is 8.01. The van der Waals surface area contributed by atoms with E-state index in [0.29, 0.717) is 12.5 Å². The quantitative estimate of drug-likeness (QED) is 0.555. The molecule has 2 amide bonds. The number of β-lactam (4-membered cyclic amide) rings is 1. The second-order valence-corrected chi connectivity index (χ2v) is 10.9. The molecular formula is C23H30N2O4S. The van der Waals surface area contributed by atoms with Crippen molar-refractivity contribution in [2.24, 2.45) is 5.92 Å². The molecule has 3 atom stereocenters. The van der Waals surface area contributed by atoms with Crippen molar-refractivity contribution in [1.29, 1.82) is 0 Å². The second kappa shape index (κ2) is 8.61. The first-order valence-electron chi connectivity index (χ1n) is 10.9. The van der Waals surface area contributed by atoms with E-state index in [1.807, 2.05) is 44.2 Å². The molecule has 2 saturated heterocycles. The molecule has 0 spiro atoms. The zero-order valence-corrected chi connectivity index (χ0v) is 18.5. The van der Waals surface area contributed by atoms with Crippen LogP contribution in [0.25, 0.3) is 0 Å². The van der Waals surface area contributed by atoms with Crippen LogP contribution in [0.3, 0.4) is 0 Å². The Balaban J connectivity index is 1.35. The van der Waals surface area contributed by atoms with Crippen LogP contribution >= 0.6 is 11.8 Å². The summed E-state index contributed by atoms with van der Waals surface area (Å²) >= 11 is 1.57. The average molecular weight is 431 g/mol. The number of fused-ring (bicyclic) bond motifs is 1. The molecule has 0 bridgehead atoms. The molecule has 0 radical (unpaired) electrons. The van der Waals surface area contributed by atoms with E-state index in [1.165, 1.54) is 19.3 Å². The van der Waals surface area contributed by atoms with Crippen LogP contribution in [0.2, 0.25) is 0 Å². The fourth-order valence-corrected chi connectivity index (χ4v) is 6.39. The van der Waals surface area contributed by atoms with Gasteiger partial charge in [-0.05, 0) is 38.2 Å². The van der Waals surface area contributed by atoms with Gasteiger partial charge in [0, 0.05) is 4.75 Å². The molecule has 1 unspecified atom stereocenters. The van der Waals surface area contributed by atoms with Gasteiger partial charge in [0.25, 0.3) is 0 Å². The van der Waals surface area contributed by atoms with E-state index in [1.54, 1.807) is 16.7 Å². The topological polar surface area (TPSA) is 75.7 Å². The number of rotatable bonds is 6. The van der Waals surface area contributed by atoms with Gasteiger partial charge in [-0.2, -0.15) is 0 Å². The molecular weight excluding hydrogens is 400 g/mol. The molecule has 6 nitrogen and oxygen atoms in total. The van der Waals surface area contributed by atoms with E-state index in [2.05, 4.69) is 5.32 Å². The Hall–Kier alpha value is -2.02. The van der Waals surface area contributed by atoms with Gasteiger partial charge in [-0.1, -0.05) is 49.6 Å². The van der Waals surface area contributed by atoms with Crippen LogP contribution in [0.1, 0.15) is 51.5 Å². The molecule has 0 aromatic heterocycles. The third kappa shape index (κ3) is 4.22. The van der Waals surface area contributed by atoms with E-state index in [4.69, 9.17) is 4.74 Å². The number of amides is 2. The summed E-state index contributed by atoms with van der Waals surface area (Å²) in [4.78, 5) is 39.8. The lowest BCUT2D eigenvalue weighted by Gasteiger charge is -2.44. The number of nitrogens with one attached hydrogen (secondary N) is 1. The first kappa shape index (κ1) is 21.2. The molecule has 2 aliphatic heterocycles. The largest absolute Gasteiger partial charge is 0.464 e. The number of nitrogens with zero attached hydrogens (tertiary/aromatic N) is 1. The van der Waals surface area contributed by atoms with Crippen molar-refractivity contribution in [3.05, 3.63) is 35.9 Å². The minimum Gasteiger partial charge on any atom is -0.464 e. The molecule has 1 aromatic carbocycles. The molecule has 1 aromatic rings. The molecule has 3 aliphatic rings. The second-order valence-electron chi connectivity index (χ2n) is 9.10. The number of esters is 1. The standard InChI is InChI=1S/C23H30N2O4S/c1-23(2)19(22(28)29-14-16-11-7-4-8-12-16)25-20(27)18(21(25)30-23)24-17(26)13-15-9-5-3-6-10-15/h3,5-6,9-10,16,18-19,21H,4,7-8,11-14H2,1-2H3,(H,24,26)/t18-,19?,21-/m1/s1. The van der Waals surface area contributed by atoms with Crippen molar-refractivity contribution in [1.82, 2.24) is 10.2 Å². The monoisotopic (exact) mass is 430 g/mol. The zero-order valence-electron chi connectivity index (χ0n) is 17.6. The van der Waals surface area contributed by atoms with Crippen molar-refractivity contribution < 1.29 is 19.1 Å². The van der Waals surface area contributed by atoms with Crippen LogP contribution in [0, 0.1) is 5.92 Å². The number of benzene rings is 1. The van der Waals surface area contributed by atoms with Crippen LogP contribution < -0.4 is 5.32 Å². The van der Waals surface area contributed by atoms with Gasteiger partial charge in [-0.3, -0.25) is 9.59 Å². The van der Waals surface area contributed by atoms with Crippen LogP contribution in [-0.4, -0.2) is 51.5 Å². The maximum absolute atomic E-state index is 12.9. The summed E-state index contributed by atoms with van der Waals surface area (Å²) in [6, 6.07) is 8.27. The van der Waals surface area contributed by atoms with Gasteiger partial charge < -0.3 is 15.0 Å². The molecule has 1 aliphatic carbocycles. The molecule has 3 fully saturated rings. The molecule has 1 saturated carbocycles. The fourth-order valence-electron chi connectivity index (χ4n) is 4.76. The summed E-state index contributed by atoms with van der Waals surface area (Å²) in [6.07, 6.45) is 6.11. The SMILES string of the molecule is CC1(C)S[C@@H]2[C@H](NC(=O)Cc3ccccc3)C(=O)N2C1C(=O)OCC1CCCCC1. The Morgan fingerprint density at radius 3 is 2.57 bits per heavy atom. The van der Waals surface area contributed by atoms with Gasteiger partial charge in [0.05, 0.1) is 13.0 Å². The molecule has 30 heavy (non-hydrogen) atoms. The van der Waals surface area contributed by atoms with Crippen LogP contribution in [0.15, 0.2) is 30.3 Å². The highest BCUT2D eigenvalue weighted by Crippen LogP contribution is 2.51. The van der Waals surface area contributed by atoms with E-state index in [-0.39, 0.29) is 29.6 Å². The smallest absolute Gasteiger partial charge is 0.330 e.